The Balaban J connectivity index is 0.00000242. The number of hydrogen-bond donors (Lipinski definition) is 2. The molecular formula is C14H22IN5O2. The van der Waals surface area contributed by atoms with Crippen LogP contribution in [0.3, 0.4) is 0 Å². The first kappa shape index (κ1) is 18.5. The number of guanidine groups is 1. The number of nitro groups is 1. The van der Waals surface area contributed by atoms with Crippen molar-refractivity contribution in [2.24, 2.45) is 10.7 Å². The number of aliphatic imine (C=N–C) groups is 1. The van der Waals surface area contributed by atoms with E-state index in [0.717, 1.165) is 18.8 Å². The number of anilines is 1. The highest BCUT2D eigenvalue weighted by Gasteiger charge is 2.11. The highest BCUT2D eigenvalue weighted by molar-refractivity contribution is 14.0. The summed E-state index contributed by atoms with van der Waals surface area (Å²) in [6, 6.07) is 6.34. The lowest BCUT2D eigenvalue weighted by Crippen LogP contribution is -2.41. The Morgan fingerprint density at radius 1 is 1.27 bits per heavy atom. The van der Waals surface area contributed by atoms with Gasteiger partial charge in [0.2, 0.25) is 0 Å². The molecule has 1 aliphatic heterocycles. The minimum Gasteiger partial charge on any atom is -0.383 e. The number of hydrogen-bond acceptors (Lipinski definition) is 4. The molecule has 0 aliphatic carbocycles. The summed E-state index contributed by atoms with van der Waals surface area (Å²) in [5, 5.41) is 13.7. The molecule has 1 aliphatic rings. The summed E-state index contributed by atoms with van der Waals surface area (Å²) in [6.45, 7) is 3.21. The van der Waals surface area contributed by atoms with Gasteiger partial charge in [0.1, 0.15) is 0 Å². The second kappa shape index (κ2) is 9.44. The van der Waals surface area contributed by atoms with Gasteiger partial charge < -0.3 is 16.0 Å². The molecule has 0 spiro atoms. The van der Waals surface area contributed by atoms with Gasteiger partial charge >= 0.3 is 0 Å². The van der Waals surface area contributed by atoms with Gasteiger partial charge in [-0.3, -0.25) is 15.1 Å². The lowest BCUT2D eigenvalue weighted by Gasteiger charge is -2.27. The fourth-order valence-corrected chi connectivity index (χ4v) is 2.29. The molecule has 8 heteroatoms. The van der Waals surface area contributed by atoms with E-state index in [1.54, 1.807) is 12.1 Å². The zero-order valence-corrected chi connectivity index (χ0v) is 14.7. The number of piperidine rings is 1. The van der Waals surface area contributed by atoms with Gasteiger partial charge in [-0.25, -0.2) is 0 Å². The second-order valence-electron chi connectivity index (χ2n) is 5.02. The van der Waals surface area contributed by atoms with Crippen LogP contribution in [0.2, 0.25) is 0 Å². The number of nitro benzene ring substituents is 1. The number of rotatable bonds is 5. The topological polar surface area (TPSA) is 96.8 Å². The molecule has 1 heterocycles. The van der Waals surface area contributed by atoms with E-state index < -0.39 is 4.92 Å². The molecule has 1 saturated heterocycles. The van der Waals surface area contributed by atoms with Crippen molar-refractivity contribution >= 4 is 41.3 Å². The van der Waals surface area contributed by atoms with Gasteiger partial charge in [-0.1, -0.05) is 0 Å². The zero-order valence-electron chi connectivity index (χ0n) is 12.4. The van der Waals surface area contributed by atoms with E-state index >= 15 is 0 Å². The third kappa shape index (κ3) is 5.66. The highest BCUT2D eigenvalue weighted by atomic mass is 127. The quantitative estimate of drug-likeness (QED) is 0.191. The van der Waals surface area contributed by atoms with E-state index in [-0.39, 0.29) is 29.7 Å². The maximum Gasteiger partial charge on any atom is 0.269 e. The maximum atomic E-state index is 10.5. The van der Waals surface area contributed by atoms with Crippen molar-refractivity contribution in [1.82, 2.24) is 4.90 Å². The summed E-state index contributed by atoms with van der Waals surface area (Å²) in [4.78, 5) is 16.6. The van der Waals surface area contributed by atoms with Crippen molar-refractivity contribution in [1.29, 1.82) is 0 Å². The van der Waals surface area contributed by atoms with Gasteiger partial charge in [0, 0.05) is 37.5 Å². The monoisotopic (exact) mass is 419 g/mol. The van der Waals surface area contributed by atoms with Crippen LogP contribution in [0.5, 0.6) is 0 Å². The van der Waals surface area contributed by atoms with Crippen molar-refractivity contribution in [2.45, 2.75) is 19.3 Å². The van der Waals surface area contributed by atoms with Crippen LogP contribution in [0.1, 0.15) is 19.3 Å². The van der Waals surface area contributed by atoms with Gasteiger partial charge in [0.05, 0.1) is 11.5 Å². The molecule has 0 amide bonds. The van der Waals surface area contributed by atoms with Gasteiger partial charge in [-0.05, 0) is 31.4 Å². The molecule has 1 aromatic carbocycles. The highest BCUT2D eigenvalue weighted by Crippen LogP contribution is 2.15. The van der Waals surface area contributed by atoms with Crippen molar-refractivity contribution < 1.29 is 4.92 Å². The van der Waals surface area contributed by atoms with Gasteiger partial charge in [0.25, 0.3) is 5.69 Å². The SMILES string of the molecule is I.NC(=NCCNc1ccc([N+](=O)[O-])cc1)N1CCCCC1. The standard InChI is InChI=1S/C14H21N5O2.HI/c15-14(18-10-2-1-3-11-18)17-9-8-16-12-4-6-13(7-5-12)19(20)21;/h4-7,16H,1-3,8-11H2,(H2,15,17);1H. The molecule has 0 radical (unpaired) electrons. The van der Waals surface area contributed by atoms with Crippen LogP contribution in [0.15, 0.2) is 29.3 Å². The molecule has 0 unspecified atom stereocenters. The molecular weight excluding hydrogens is 397 g/mol. The van der Waals surface area contributed by atoms with E-state index in [1.165, 1.54) is 31.4 Å². The van der Waals surface area contributed by atoms with E-state index in [0.29, 0.717) is 19.0 Å². The Morgan fingerprint density at radius 3 is 2.50 bits per heavy atom. The van der Waals surface area contributed by atoms with Crippen LogP contribution in [-0.2, 0) is 0 Å². The second-order valence-corrected chi connectivity index (χ2v) is 5.02. The van der Waals surface area contributed by atoms with Crippen LogP contribution in [0.4, 0.5) is 11.4 Å². The molecule has 22 heavy (non-hydrogen) atoms. The molecule has 0 bridgehead atoms. The normalized spacial score (nSPS) is 15.1. The van der Waals surface area contributed by atoms with Gasteiger partial charge in [-0.15, -0.1) is 24.0 Å². The molecule has 3 N–H and O–H groups in total. The number of nitrogens with two attached hydrogens (primary N) is 1. The molecule has 0 atom stereocenters. The average Bonchev–Trinajstić information content (AvgIpc) is 2.52. The summed E-state index contributed by atoms with van der Waals surface area (Å²) in [5.74, 6) is 0.611. The summed E-state index contributed by atoms with van der Waals surface area (Å²) >= 11 is 0. The lowest BCUT2D eigenvalue weighted by molar-refractivity contribution is -0.384. The first-order valence-electron chi connectivity index (χ1n) is 7.20. The minimum atomic E-state index is -0.409. The van der Waals surface area contributed by atoms with Crippen molar-refractivity contribution in [3.63, 3.8) is 0 Å². The number of likely N-dealkylation sites (tertiary alicyclic amines) is 1. The van der Waals surface area contributed by atoms with Crippen LogP contribution in [-0.4, -0.2) is 42.0 Å². The molecule has 1 aromatic rings. The number of benzene rings is 1. The summed E-state index contributed by atoms with van der Waals surface area (Å²) in [5.41, 5.74) is 6.89. The van der Waals surface area contributed by atoms with Gasteiger partial charge in [-0.2, -0.15) is 0 Å². The molecule has 0 saturated carbocycles. The maximum absolute atomic E-state index is 10.5. The third-order valence-corrected chi connectivity index (χ3v) is 3.47. The van der Waals surface area contributed by atoms with Crippen LogP contribution in [0, 0.1) is 10.1 Å². The van der Waals surface area contributed by atoms with Crippen LogP contribution in [0.25, 0.3) is 0 Å². The van der Waals surface area contributed by atoms with Crippen LogP contribution < -0.4 is 11.1 Å². The third-order valence-electron chi connectivity index (χ3n) is 3.47. The van der Waals surface area contributed by atoms with E-state index in [9.17, 15) is 10.1 Å². The Bertz CT molecular complexity index is 500. The fraction of sp³-hybridized carbons (Fsp3) is 0.500. The fourth-order valence-electron chi connectivity index (χ4n) is 2.29. The van der Waals surface area contributed by atoms with Gasteiger partial charge in [0.15, 0.2) is 5.96 Å². The van der Waals surface area contributed by atoms with Crippen molar-refractivity contribution in [3.05, 3.63) is 34.4 Å². The van der Waals surface area contributed by atoms with Crippen molar-refractivity contribution in [3.8, 4) is 0 Å². The smallest absolute Gasteiger partial charge is 0.269 e. The number of nitrogens with one attached hydrogen (secondary N) is 1. The summed E-state index contributed by atoms with van der Waals surface area (Å²) < 4.78 is 0. The molecule has 7 nitrogen and oxygen atoms in total. The summed E-state index contributed by atoms with van der Waals surface area (Å²) in [6.07, 6.45) is 3.63. The summed E-state index contributed by atoms with van der Waals surface area (Å²) in [7, 11) is 0. The number of non-ortho nitro benzene ring substituents is 1. The first-order chi connectivity index (χ1) is 10.2. The molecule has 122 valence electrons. The Kier molecular flexibility index (Phi) is 7.92. The van der Waals surface area contributed by atoms with E-state index in [4.69, 9.17) is 5.73 Å². The predicted octanol–water partition coefficient (Wildman–Crippen LogP) is 2.43. The largest absolute Gasteiger partial charge is 0.383 e. The lowest BCUT2D eigenvalue weighted by atomic mass is 10.1. The molecule has 1 fully saturated rings. The van der Waals surface area contributed by atoms with E-state index in [1.807, 2.05) is 0 Å². The molecule has 0 aromatic heterocycles. The number of nitrogens with zero attached hydrogens (tertiary/aromatic N) is 3. The first-order valence-corrected chi connectivity index (χ1v) is 7.20. The number of halogens is 1. The molecule has 2 rings (SSSR count). The Labute approximate surface area is 147 Å². The van der Waals surface area contributed by atoms with Crippen LogP contribution >= 0.6 is 24.0 Å². The van der Waals surface area contributed by atoms with E-state index in [2.05, 4.69) is 15.2 Å². The Hall–Kier alpha value is -1.58. The zero-order chi connectivity index (χ0) is 15.1. The minimum absolute atomic E-state index is 0. The Morgan fingerprint density at radius 2 is 1.91 bits per heavy atom. The average molecular weight is 419 g/mol. The predicted molar refractivity (Wildman–Crippen MR) is 98.9 cm³/mol. The van der Waals surface area contributed by atoms with Crippen molar-refractivity contribution in [2.75, 3.05) is 31.5 Å².